The first kappa shape index (κ1) is 13.4. The molecule has 4 nitrogen and oxygen atoms in total. The van der Waals surface area contributed by atoms with E-state index in [0.717, 1.165) is 36.5 Å². The highest BCUT2D eigenvalue weighted by atomic mass is 35.5. The number of hydrogen-bond acceptors (Lipinski definition) is 4. The molecule has 0 saturated heterocycles. The fraction of sp³-hybridized carbons (Fsp3) is 0.700. The van der Waals surface area contributed by atoms with Gasteiger partial charge in [-0.3, -0.25) is 4.79 Å². The van der Waals surface area contributed by atoms with Crippen molar-refractivity contribution < 1.29 is 4.79 Å². The van der Waals surface area contributed by atoms with Crippen LogP contribution in [0.4, 0.5) is 0 Å². The Bertz CT molecular complexity index is 343. The van der Waals surface area contributed by atoms with Gasteiger partial charge in [-0.25, -0.2) is 0 Å². The first-order valence-electron chi connectivity index (χ1n) is 5.42. The van der Waals surface area contributed by atoms with E-state index in [1.807, 2.05) is 6.92 Å². The molecule has 1 rings (SSSR count). The van der Waals surface area contributed by atoms with Crippen LogP contribution in [0.2, 0.25) is 0 Å². The number of alkyl halides is 1. The molecule has 1 heterocycles. The van der Waals surface area contributed by atoms with Crippen LogP contribution in [0.1, 0.15) is 42.1 Å². The maximum absolute atomic E-state index is 11.8. The van der Waals surface area contributed by atoms with Gasteiger partial charge in [-0.15, -0.1) is 16.7 Å². The van der Waals surface area contributed by atoms with Crippen molar-refractivity contribution in [1.29, 1.82) is 0 Å². The van der Waals surface area contributed by atoms with Crippen molar-refractivity contribution in [3.05, 3.63) is 10.6 Å². The Kier molecular flexibility index (Phi) is 5.69. The van der Waals surface area contributed by atoms with Gasteiger partial charge in [0, 0.05) is 6.54 Å². The lowest BCUT2D eigenvalue weighted by molar-refractivity contribution is 0.0956. The molecular weight excluding hydrogens is 246 g/mol. The van der Waals surface area contributed by atoms with E-state index in [4.69, 9.17) is 11.6 Å². The number of halogens is 1. The molecule has 0 aliphatic carbocycles. The number of carbonyl (C=O) groups is 1. The van der Waals surface area contributed by atoms with Gasteiger partial charge < -0.3 is 5.32 Å². The Hall–Kier alpha value is -0.680. The second kappa shape index (κ2) is 6.81. The van der Waals surface area contributed by atoms with E-state index in [9.17, 15) is 4.79 Å². The van der Waals surface area contributed by atoms with Crippen molar-refractivity contribution in [2.24, 2.45) is 0 Å². The van der Waals surface area contributed by atoms with Crippen LogP contribution >= 0.6 is 23.1 Å². The normalized spacial score (nSPS) is 12.4. The van der Waals surface area contributed by atoms with Gasteiger partial charge >= 0.3 is 0 Å². The van der Waals surface area contributed by atoms with Crippen LogP contribution in [-0.4, -0.2) is 27.4 Å². The standard InChI is InChI=1S/C10H16ClN3OS/c1-3-5-7(11)6-12-10(15)9-8(4-2)13-14-16-9/h7H,3-6H2,1-2H3,(H,12,15). The number of rotatable bonds is 6. The average molecular weight is 262 g/mol. The molecule has 16 heavy (non-hydrogen) atoms. The smallest absolute Gasteiger partial charge is 0.264 e. The molecule has 0 aromatic carbocycles. The number of aryl methyl sites for hydroxylation is 1. The molecule has 1 N–H and O–H groups in total. The quantitative estimate of drug-likeness (QED) is 0.799. The third-order valence-corrected chi connectivity index (χ3v) is 3.32. The zero-order valence-electron chi connectivity index (χ0n) is 9.49. The summed E-state index contributed by atoms with van der Waals surface area (Å²) in [5.41, 5.74) is 0.754. The monoisotopic (exact) mass is 261 g/mol. The highest BCUT2D eigenvalue weighted by molar-refractivity contribution is 7.08. The number of amides is 1. The minimum atomic E-state index is -0.117. The predicted octanol–water partition coefficient (Wildman–Crippen LogP) is 2.24. The Balaban J connectivity index is 2.46. The van der Waals surface area contributed by atoms with Crippen LogP contribution in [-0.2, 0) is 6.42 Å². The summed E-state index contributed by atoms with van der Waals surface area (Å²) < 4.78 is 3.78. The summed E-state index contributed by atoms with van der Waals surface area (Å²) >= 11 is 7.15. The average Bonchev–Trinajstić information content (AvgIpc) is 2.74. The maximum atomic E-state index is 11.8. The summed E-state index contributed by atoms with van der Waals surface area (Å²) in [4.78, 5) is 12.4. The van der Waals surface area contributed by atoms with Crippen molar-refractivity contribution in [1.82, 2.24) is 14.9 Å². The first-order chi connectivity index (χ1) is 7.69. The molecule has 90 valence electrons. The van der Waals surface area contributed by atoms with Crippen LogP contribution < -0.4 is 5.32 Å². The molecule has 1 atom stereocenters. The fourth-order valence-electron chi connectivity index (χ4n) is 1.31. The Morgan fingerprint density at radius 1 is 1.56 bits per heavy atom. The zero-order chi connectivity index (χ0) is 12.0. The maximum Gasteiger partial charge on any atom is 0.264 e. The molecule has 1 unspecified atom stereocenters. The molecule has 0 aliphatic rings. The van der Waals surface area contributed by atoms with Crippen molar-refractivity contribution >= 4 is 29.0 Å². The van der Waals surface area contributed by atoms with E-state index in [1.54, 1.807) is 0 Å². The van der Waals surface area contributed by atoms with Gasteiger partial charge in [0.05, 0.1) is 11.1 Å². The van der Waals surface area contributed by atoms with Crippen LogP contribution in [0.25, 0.3) is 0 Å². The molecule has 6 heteroatoms. The molecule has 0 saturated carbocycles. The van der Waals surface area contributed by atoms with Gasteiger partial charge in [0.15, 0.2) is 0 Å². The summed E-state index contributed by atoms with van der Waals surface area (Å²) in [6.45, 7) is 4.52. The van der Waals surface area contributed by atoms with E-state index in [2.05, 4.69) is 21.8 Å². The van der Waals surface area contributed by atoms with Gasteiger partial charge in [-0.1, -0.05) is 24.8 Å². The second-order valence-corrected chi connectivity index (χ2v) is 4.87. The molecule has 0 aliphatic heterocycles. The Labute approximate surface area is 105 Å². The summed E-state index contributed by atoms with van der Waals surface area (Å²) in [5.74, 6) is -0.117. The number of nitrogens with one attached hydrogen (secondary N) is 1. The number of nitrogens with zero attached hydrogens (tertiary/aromatic N) is 2. The first-order valence-corrected chi connectivity index (χ1v) is 6.63. The van der Waals surface area contributed by atoms with Crippen LogP contribution in [0.5, 0.6) is 0 Å². The molecule has 0 radical (unpaired) electrons. The number of hydrogen-bond donors (Lipinski definition) is 1. The minimum Gasteiger partial charge on any atom is -0.350 e. The SMILES string of the molecule is CCCC(Cl)CNC(=O)c1snnc1CC. The van der Waals surface area contributed by atoms with Crippen LogP contribution in [0.3, 0.4) is 0 Å². The summed E-state index contributed by atoms with van der Waals surface area (Å²) in [6.07, 6.45) is 2.65. The van der Waals surface area contributed by atoms with Crippen molar-refractivity contribution in [2.45, 2.75) is 38.5 Å². The van der Waals surface area contributed by atoms with E-state index in [0.29, 0.717) is 11.4 Å². The van der Waals surface area contributed by atoms with Gasteiger partial charge in [0.1, 0.15) is 4.88 Å². The highest BCUT2D eigenvalue weighted by Gasteiger charge is 2.15. The van der Waals surface area contributed by atoms with Crippen molar-refractivity contribution in [3.63, 3.8) is 0 Å². The summed E-state index contributed by atoms with van der Waals surface area (Å²) in [6, 6.07) is 0. The minimum absolute atomic E-state index is 0.0000860. The lowest BCUT2D eigenvalue weighted by Gasteiger charge is -2.08. The molecule has 0 spiro atoms. The van der Waals surface area contributed by atoms with Crippen molar-refractivity contribution in [2.75, 3.05) is 6.54 Å². The molecule has 0 bridgehead atoms. The molecule has 1 aromatic rings. The summed E-state index contributed by atoms with van der Waals surface area (Å²) in [5, 5.41) is 6.70. The molecule has 0 fully saturated rings. The highest BCUT2D eigenvalue weighted by Crippen LogP contribution is 2.11. The van der Waals surface area contributed by atoms with Crippen molar-refractivity contribution in [3.8, 4) is 0 Å². The van der Waals surface area contributed by atoms with Gasteiger partial charge in [0.2, 0.25) is 0 Å². The fourth-order valence-corrected chi connectivity index (χ4v) is 2.27. The van der Waals surface area contributed by atoms with E-state index >= 15 is 0 Å². The molecule has 1 amide bonds. The van der Waals surface area contributed by atoms with Crippen LogP contribution in [0.15, 0.2) is 0 Å². The third-order valence-electron chi connectivity index (χ3n) is 2.18. The zero-order valence-corrected chi connectivity index (χ0v) is 11.1. The number of carbonyl (C=O) groups excluding carboxylic acids is 1. The summed E-state index contributed by atoms with van der Waals surface area (Å²) in [7, 11) is 0. The Morgan fingerprint density at radius 3 is 2.94 bits per heavy atom. The van der Waals surface area contributed by atoms with Gasteiger partial charge in [0.25, 0.3) is 5.91 Å². The van der Waals surface area contributed by atoms with E-state index < -0.39 is 0 Å². The lowest BCUT2D eigenvalue weighted by atomic mass is 10.2. The van der Waals surface area contributed by atoms with Crippen LogP contribution in [0, 0.1) is 0 Å². The lowest BCUT2D eigenvalue weighted by Crippen LogP contribution is -2.29. The largest absolute Gasteiger partial charge is 0.350 e. The Morgan fingerprint density at radius 2 is 2.31 bits per heavy atom. The van der Waals surface area contributed by atoms with E-state index in [-0.39, 0.29) is 11.3 Å². The predicted molar refractivity (Wildman–Crippen MR) is 66.2 cm³/mol. The van der Waals surface area contributed by atoms with Gasteiger partial charge in [-0.2, -0.15) is 0 Å². The molecular formula is C10H16ClN3OS. The topological polar surface area (TPSA) is 54.9 Å². The molecule has 1 aromatic heterocycles. The number of aromatic nitrogens is 2. The van der Waals surface area contributed by atoms with Gasteiger partial charge in [-0.05, 0) is 24.4 Å². The second-order valence-electron chi connectivity index (χ2n) is 3.50. The van der Waals surface area contributed by atoms with E-state index in [1.165, 1.54) is 0 Å². The third kappa shape index (κ3) is 3.72.